The van der Waals surface area contributed by atoms with E-state index in [1.807, 2.05) is 0 Å². The Balaban J connectivity index is 2.21. The summed E-state index contributed by atoms with van der Waals surface area (Å²) in [5.41, 5.74) is -0.447. The number of fused-ring (bicyclic) bond motifs is 1. The number of halogens is 4. The Bertz CT molecular complexity index is 868. The molecule has 0 radical (unpaired) electrons. The predicted molar refractivity (Wildman–Crippen MR) is 74.4 cm³/mol. The van der Waals surface area contributed by atoms with Crippen molar-refractivity contribution in [2.75, 3.05) is 0 Å². The lowest BCUT2D eigenvalue weighted by molar-refractivity contribution is -0.137. The van der Waals surface area contributed by atoms with E-state index in [2.05, 4.69) is 15.0 Å². The Labute approximate surface area is 127 Å². The van der Waals surface area contributed by atoms with Crippen molar-refractivity contribution in [3.05, 3.63) is 47.5 Å². The normalized spacial score (nSPS) is 11.8. The third kappa shape index (κ3) is 2.55. The second kappa shape index (κ2) is 5.10. The van der Waals surface area contributed by atoms with Gasteiger partial charge in [0.2, 0.25) is 0 Å². The van der Waals surface area contributed by atoms with Gasteiger partial charge in [-0.3, -0.25) is 4.98 Å². The molecule has 0 aliphatic rings. The van der Waals surface area contributed by atoms with Crippen LogP contribution in [-0.4, -0.2) is 20.1 Å². The highest BCUT2D eigenvalue weighted by Gasteiger charge is 2.34. The van der Waals surface area contributed by atoms with Gasteiger partial charge in [0, 0.05) is 23.3 Å². The molecule has 3 rings (SSSR count). The monoisotopic (exact) mass is 325 g/mol. The number of nitrogens with zero attached hydrogens (tertiary/aromatic N) is 3. The first kappa shape index (κ1) is 14.5. The van der Waals surface area contributed by atoms with Gasteiger partial charge in [-0.05, 0) is 18.2 Å². The standard InChI is InChI=1S/C14H7ClF3N3O/c15-10-2-13(22)8(1-9(10)14(16,17)18)12-3-11-7(5-20-12)4-19-6-21-11/h1-6,22H. The second-order valence-electron chi connectivity index (χ2n) is 4.50. The molecule has 0 aliphatic heterocycles. The van der Waals surface area contributed by atoms with Crippen LogP contribution in [0.25, 0.3) is 22.2 Å². The molecule has 0 fully saturated rings. The maximum absolute atomic E-state index is 12.9. The average molecular weight is 326 g/mol. The molecular weight excluding hydrogens is 319 g/mol. The first-order valence-electron chi connectivity index (χ1n) is 6.02. The molecular formula is C14H7ClF3N3O. The number of aromatic hydroxyl groups is 1. The number of phenolic OH excluding ortho intramolecular Hbond substituents is 1. The van der Waals surface area contributed by atoms with Gasteiger partial charge >= 0.3 is 6.18 Å². The van der Waals surface area contributed by atoms with E-state index in [0.29, 0.717) is 10.9 Å². The first-order valence-corrected chi connectivity index (χ1v) is 6.40. The minimum atomic E-state index is -4.63. The number of pyridine rings is 1. The van der Waals surface area contributed by atoms with Crippen LogP contribution in [0.4, 0.5) is 13.2 Å². The molecule has 112 valence electrons. The van der Waals surface area contributed by atoms with Gasteiger partial charge in [0.1, 0.15) is 12.1 Å². The van der Waals surface area contributed by atoms with Crippen LogP contribution in [0.5, 0.6) is 5.75 Å². The lowest BCUT2D eigenvalue weighted by atomic mass is 10.0. The molecule has 22 heavy (non-hydrogen) atoms. The molecule has 0 aliphatic carbocycles. The van der Waals surface area contributed by atoms with Gasteiger partial charge in [0.25, 0.3) is 0 Å². The van der Waals surface area contributed by atoms with Crippen molar-refractivity contribution in [2.24, 2.45) is 0 Å². The molecule has 0 atom stereocenters. The molecule has 4 nitrogen and oxygen atoms in total. The lowest BCUT2D eigenvalue weighted by Crippen LogP contribution is -2.06. The third-order valence-electron chi connectivity index (χ3n) is 3.06. The van der Waals surface area contributed by atoms with E-state index >= 15 is 0 Å². The van der Waals surface area contributed by atoms with Crippen LogP contribution in [-0.2, 0) is 6.18 Å². The second-order valence-corrected chi connectivity index (χ2v) is 4.91. The molecule has 0 amide bonds. The average Bonchev–Trinajstić information content (AvgIpc) is 2.45. The number of benzene rings is 1. The summed E-state index contributed by atoms with van der Waals surface area (Å²) in [5, 5.41) is 9.95. The highest BCUT2D eigenvalue weighted by molar-refractivity contribution is 6.31. The molecule has 3 aromatic rings. The molecule has 1 N–H and O–H groups in total. The van der Waals surface area contributed by atoms with Crippen molar-refractivity contribution in [1.29, 1.82) is 0 Å². The third-order valence-corrected chi connectivity index (χ3v) is 3.37. The Morgan fingerprint density at radius 2 is 1.82 bits per heavy atom. The number of hydrogen-bond donors (Lipinski definition) is 1. The van der Waals surface area contributed by atoms with Gasteiger partial charge < -0.3 is 5.11 Å². The Morgan fingerprint density at radius 1 is 1.05 bits per heavy atom. The maximum atomic E-state index is 12.9. The number of hydrogen-bond acceptors (Lipinski definition) is 4. The van der Waals surface area contributed by atoms with Crippen molar-refractivity contribution < 1.29 is 18.3 Å². The fraction of sp³-hybridized carbons (Fsp3) is 0.0714. The van der Waals surface area contributed by atoms with Crippen LogP contribution in [0.15, 0.2) is 36.9 Å². The van der Waals surface area contributed by atoms with Crippen LogP contribution in [0, 0.1) is 0 Å². The van der Waals surface area contributed by atoms with Crippen LogP contribution >= 0.6 is 11.6 Å². The predicted octanol–water partition coefficient (Wildman–Crippen LogP) is 4.07. The highest BCUT2D eigenvalue weighted by Crippen LogP contribution is 2.41. The van der Waals surface area contributed by atoms with Crippen molar-refractivity contribution >= 4 is 22.5 Å². The van der Waals surface area contributed by atoms with Gasteiger partial charge in [0.05, 0.1) is 21.8 Å². The summed E-state index contributed by atoms with van der Waals surface area (Å²) in [7, 11) is 0. The molecule has 8 heteroatoms. The van der Waals surface area contributed by atoms with E-state index in [9.17, 15) is 18.3 Å². The van der Waals surface area contributed by atoms with Gasteiger partial charge in [-0.25, -0.2) is 9.97 Å². The van der Waals surface area contributed by atoms with E-state index in [1.54, 1.807) is 0 Å². The summed E-state index contributed by atoms with van der Waals surface area (Å²) in [5.74, 6) is -0.390. The fourth-order valence-electron chi connectivity index (χ4n) is 2.01. The number of phenols is 1. The van der Waals surface area contributed by atoms with Crippen molar-refractivity contribution in [3.63, 3.8) is 0 Å². The van der Waals surface area contributed by atoms with Gasteiger partial charge in [0.15, 0.2) is 0 Å². The SMILES string of the molecule is Oc1cc(Cl)c(C(F)(F)F)cc1-c1cc2ncncc2cn1. The minimum absolute atomic E-state index is 0.0720. The van der Waals surface area contributed by atoms with Gasteiger partial charge in [-0.2, -0.15) is 13.2 Å². The molecule has 0 spiro atoms. The van der Waals surface area contributed by atoms with Gasteiger partial charge in [-0.15, -0.1) is 0 Å². The van der Waals surface area contributed by atoms with Crippen LogP contribution in [0.3, 0.4) is 0 Å². The van der Waals surface area contributed by atoms with Crippen molar-refractivity contribution in [1.82, 2.24) is 15.0 Å². The van der Waals surface area contributed by atoms with Crippen molar-refractivity contribution in [3.8, 4) is 17.0 Å². The number of aromatic nitrogens is 3. The van der Waals surface area contributed by atoms with E-state index < -0.39 is 16.8 Å². The molecule has 2 heterocycles. The maximum Gasteiger partial charge on any atom is 0.417 e. The molecule has 0 unspecified atom stereocenters. The highest BCUT2D eigenvalue weighted by atomic mass is 35.5. The zero-order valence-electron chi connectivity index (χ0n) is 10.8. The van der Waals surface area contributed by atoms with Crippen LogP contribution in [0.2, 0.25) is 5.02 Å². The Hall–Kier alpha value is -2.41. The van der Waals surface area contributed by atoms with Gasteiger partial charge in [-0.1, -0.05) is 11.6 Å². The van der Waals surface area contributed by atoms with Crippen LogP contribution < -0.4 is 0 Å². The van der Waals surface area contributed by atoms with E-state index in [1.165, 1.54) is 24.8 Å². The summed E-state index contributed by atoms with van der Waals surface area (Å²) >= 11 is 5.55. The molecule has 0 bridgehead atoms. The largest absolute Gasteiger partial charge is 0.507 e. The molecule has 0 saturated carbocycles. The number of rotatable bonds is 1. The van der Waals surface area contributed by atoms with Crippen LogP contribution in [0.1, 0.15) is 5.56 Å². The smallest absolute Gasteiger partial charge is 0.417 e. The topological polar surface area (TPSA) is 58.9 Å². The summed E-state index contributed by atoms with van der Waals surface area (Å²) in [6, 6.07) is 3.10. The lowest BCUT2D eigenvalue weighted by Gasteiger charge is -2.12. The van der Waals surface area contributed by atoms with E-state index in [0.717, 1.165) is 12.1 Å². The molecule has 0 saturated heterocycles. The zero-order chi connectivity index (χ0) is 15.9. The quantitative estimate of drug-likeness (QED) is 0.732. The summed E-state index contributed by atoms with van der Waals surface area (Å²) < 4.78 is 38.8. The van der Waals surface area contributed by atoms with E-state index in [-0.39, 0.29) is 17.0 Å². The summed E-state index contributed by atoms with van der Waals surface area (Å²) in [6.07, 6.45) is -0.360. The first-order chi connectivity index (χ1) is 10.4. The zero-order valence-corrected chi connectivity index (χ0v) is 11.5. The summed E-state index contributed by atoms with van der Waals surface area (Å²) in [6.45, 7) is 0. The number of alkyl halides is 3. The minimum Gasteiger partial charge on any atom is -0.507 e. The fourth-order valence-corrected chi connectivity index (χ4v) is 2.27. The molecule has 2 aromatic heterocycles. The van der Waals surface area contributed by atoms with E-state index in [4.69, 9.17) is 11.6 Å². The molecule has 1 aromatic carbocycles. The summed E-state index contributed by atoms with van der Waals surface area (Å²) in [4.78, 5) is 11.9. The Morgan fingerprint density at radius 3 is 2.55 bits per heavy atom. The van der Waals surface area contributed by atoms with Crippen molar-refractivity contribution in [2.45, 2.75) is 6.18 Å². The Kier molecular flexibility index (Phi) is 3.37.